The summed E-state index contributed by atoms with van der Waals surface area (Å²) in [6.07, 6.45) is 6.12. The molecule has 29 heavy (non-hydrogen) atoms. The topological polar surface area (TPSA) is 58.2 Å². The van der Waals surface area contributed by atoms with Gasteiger partial charge in [0.2, 0.25) is 5.91 Å². The van der Waals surface area contributed by atoms with E-state index in [0.717, 1.165) is 36.3 Å². The van der Waals surface area contributed by atoms with E-state index in [4.69, 9.17) is 0 Å². The molecule has 0 aromatic heterocycles. The summed E-state index contributed by atoms with van der Waals surface area (Å²) >= 11 is 0. The number of carbonyl (C=O) groups is 2. The average Bonchev–Trinajstić information content (AvgIpc) is 2.74. The van der Waals surface area contributed by atoms with Crippen LogP contribution in [0, 0.1) is 11.8 Å². The fourth-order valence-corrected chi connectivity index (χ4v) is 4.54. The van der Waals surface area contributed by atoms with Crippen molar-refractivity contribution in [3.05, 3.63) is 48.0 Å². The van der Waals surface area contributed by atoms with Gasteiger partial charge < -0.3 is 10.6 Å². The standard InChI is InChI=1S/C25H34N2O2/c1-3-24(28)23(15-20-12-13-21-6-4-5-7-22(21)14-20)27-25(29)16-18-8-10-19(11-9-18)17-26-2/h4-7,12-14,18-19,23,26H,3,8-11,15-17H2,1-2H3,(H,27,29). The number of amides is 1. The van der Waals surface area contributed by atoms with E-state index in [2.05, 4.69) is 41.0 Å². The molecule has 2 aromatic rings. The molecule has 2 N–H and O–H groups in total. The fraction of sp³-hybridized carbons (Fsp3) is 0.520. The van der Waals surface area contributed by atoms with Gasteiger partial charge in [-0.1, -0.05) is 49.4 Å². The molecule has 1 saturated carbocycles. The summed E-state index contributed by atoms with van der Waals surface area (Å²) in [5.74, 6) is 1.31. The van der Waals surface area contributed by atoms with Crippen molar-refractivity contribution < 1.29 is 9.59 Å². The second-order valence-corrected chi connectivity index (χ2v) is 8.47. The van der Waals surface area contributed by atoms with Crippen molar-refractivity contribution in [2.24, 2.45) is 11.8 Å². The maximum absolute atomic E-state index is 12.7. The number of hydrogen-bond acceptors (Lipinski definition) is 3. The highest BCUT2D eigenvalue weighted by atomic mass is 16.2. The van der Waals surface area contributed by atoms with Crippen molar-refractivity contribution in [1.29, 1.82) is 0 Å². The van der Waals surface area contributed by atoms with Gasteiger partial charge in [-0.05, 0) is 73.9 Å². The minimum absolute atomic E-state index is 0.0228. The summed E-state index contributed by atoms with van der Waals surface area (Å²) in [4.78, 5) is 25.2. The number of carbonyl (C=O) groups excluding carboxylic acids is 2. The summed E-state index contributed by atoms with van der Waals surface area (Å²) in [6.45, 7) is 2.93. The molecule has 0 aliphatic heterocycles. The third-order valence-corrected chi connectivity index (χ3v) is 6.26. The lowest BCUT2D eigenvalue weighted by molar-refractivity contribution is -0.128. The lowest BCUT2D eigenvalue weighted by Gasteiger charge is -2.28. The third kappa shape index (κ3) is 6.14. The molecule has 3 rings (SSSR count). The van der Waals surface area contributed by atoms with E-state index in [-0.39, 0.29) is 11.7 Å². The van der Waals surface area contributed by atoms with E-state index in [1.165, 1.54) is 18.2 Å². The van der Waals surface area contributed by atoms with Crippen LogP contribution in [-0.4, -0.2) is 31.3 Å². The van der Waals surface area contributed by atoms with E-state index in [1.807, 2.05) is 26.1 Å². The second kappa shape index (κ2) is 10.5. The largest absolute Gasteiger partial charge is 0.346 e. The number of fused-ring (bicyclic) bond motifs is 1. The molecule has 1 amide bonds. The smallest absolute Gasteiger partial charge is 0.220 e. The van der Waals surface area contributed by atoms with Crippen molar-refractivity contribution >= 4 is 22.5 Å². The molecule has 0 radical (unpaired) electrons. The Kier molecular flexibility index (Phi) is 7.82. The van der Waals surface area contributed by atoms with Gasteiger partial charge in [-0.3, -0.25) is 9.59 Å². The lowest BCUT2D eigenvalue weighted by atomic mass is 9.80. The maximum Gasteiger partial charge on any atom is 0.220 e. The molecule has 2 aromatic carbocycles. The molecule has 0 saturated heterocycles. The van der Waals surface area contributed by atoms with Gasteiger partial charge in [0.05, 0.1) is 6.04 Å². The Morgan fingerprint density at radius 2 is 1.69 bits per heavy atom. The summed E-state index contributed by atoms with van der Waals surface area (Å²) in [7, 11) is 2.00. The first-order valence-corrected chi connectivity index (χ1v) is 11.0. The number of nitrogens with one attached hydrogen (secondary N) is 2. The predicted molar refractivity (Wildman–Crippen MR) is 119 cm³/mol. The zero-order valence-electron chi connectivity index (χ0n) is 17.7. The quantitative estimate of drug-likeness (QED) is 0.668. The maximum atomic E-state index is 12.7. The van der Waals surface area contributed by atoms with Crippen LogP contribution in [0.3, 0.4) is 0 Å². The summed E-state index contributed by atoms with van der Waals surface area (Å²) < 4.78 is 0. The number of Topliss-reactive ketones (excluding diaryl/α,β-unsaturated/α-hetero) is 1. The third-order valence-electron chi connectivity index (χ3n) is 6.26. The minimum Gasteiger partial charge on any atom is -0.346 e. The van der Waals surface area contributed by atoms with Crippen LogP contribution in [-0.2, 0) is 16.0 Å². The van der Waals surface area contributed by atoms with Gasteiger partial charge in [0.1, 0.15) is 0 Å². The van der Waals surface area contributed by atoms with Gasteiger partial charge in [-0.2, -0.15) is 0 Å². The second-order valence-electron chi connectivity index (χ2n) is 8.47. The first-order chi connectivity index (χ1) is 14.1. The molecule has 1 unspecified atom stereocenters. The Labute approximate surface area is 174 Å². The van der Waals surface area contributed by atoms with Gasteiger partial charge in [-0.25, -0.2) is 0 Å². The Morgan fingerprint density at radius 3 is 2.38 bits per heavy atom. The van der Waals surface area contributed by atoms with Crippen molar-refractivity contribution in [1.82, 2.24) is 10.6 Å². The molecule has 1 atom stereocenters. The van der Waals surface area contributed by atoms with Gasteiger partial charge in [0, 0.05) is 12.8 Å². The van der Waals surface area contributed by atoms with Crippen LogP contribution in [0.4, 0.5) is 0 Å². The highest BCUT2D eigenvalue weighted by Gasteiger charge is 2.25. The van der Waals surface area contributed by atoms with E-state index < -0.39 is 6.04 Å². The van der Waals surface area contributed by atoms with Crippen LogP contribution in [0.15, 0.2) is 42.5 Å². The Morgan fingerprint density at radius 1 is 1.00 bits per heavy atom. The fourth-order valence-electron chi connectivity index (χ4n) is 4.54. The molecule has 156 valence electrons. The van der Waals surface area contributed by atoms with Crippen LogP contribution in [0.1, 0.15) is 51.0 Å². The highest BCUT2D eigenvalue weighted by Crippen LogP contribution is 2.30. The predicted octanol–water partition coefficient (Wildman–Crippen LogP) is 4.26. The molecule has 1 fully saturated rings. The number of benzene rings is 2. The van der Waals surface area contributed by atoms with Crippen LogP contribution in [0.25, 0.3) is 10.8 Å². The van der Waals surface area contributed by atoms with Gasteiger partial charge in [0.15, 0.2) is 5.78 Å². The molecule has 0 bridgehead atoms. The number of rotatable bonds is 9. The molecule has 0 heterocycles. The average molecular weight is 395 g/mol. The van der Waals surface area contributed by atoms with Crippen LogP contribution < -0.4 is 10.6 Å². The van der Waals surface area contributed by atoms with Gasteiger partial charge in [0.25, 0.3) is 0 Å². The zero-order chi connectivity index (χ0) is 20.6. The Bertz CT molecular complexity index is 824. The molecule has 1 aliphatic rings. The van der Waals surface area contributed by atoms with E-state index in [1.54, 1.807) is 0 Å². The Balaban J connectivity index is 1.58. The molecular weight excluding hydrogens is 360 g/mol. The van der Waals surface area contributed by atoms with Gasteiger partial charge in [-0.15, -0.1) is 0 Å². The van der Waals surface area contributed by atoms with E-state index >= 15 is 0 Å². The monoisotopic (exact) mass is 394 g/mol. The summed E-state index contributed by atoms with van der Waals surface area (Å²) in [5, 5.41) is 8.65. The van der Waals surface area contributed by atoms with E-state index in [9.17, 15) is 9.59 Å². The number of ketones is 1. The van der Waals surface area contributed by atoms with Crippen molar-refractivity contribution in [3.63, 3.8) is 0 Å². The molecular formula is C25H34N2O2. The first kappa shape index (κ1) is 21.5. The summed E-state index contributed by atoms with van der Waals surface area (Å²) in [6, 6.07) is 14.1. The van der Waals surface area contributed by atoms with Crippen LogP contribution in [0.2, 0.25) is 0 Å². The molecule has 4 nitrogen and oxygen atoms in total. The van der Waals surface area contributed by atoms with Crippen molar-refractivity contribution in [2.45, 2.75) is 57.9 Å². The lowest BCUT2D eigenvalue weighted by Crippen LogP contribution is -2.43. The SMILES string of the molecule is CCC(=O)C(Cc1ccc2ccccc2c1)NC(=O)CC1CCC(CNC)CC1. The van der Waals surface area contributed by atoms with Crippen LogP contribution >= 0.6 is 0 Å². The normalized spacial score (nSPS) is 20.3. The van der Waals surface area contributed by atoms with Crippen LogP contribution in [0.5, 0.6) is 0 Å². The first-order valence-electron chi connectivity index (χ1n) is 11.0. The molecule has 1 aliphatic carbocycles. The number of hydrogen-bond donors (Lipinski definition) is 2. The van der Waals surface area contributed by atoms with Crippen molar-refractivity contribution in [2.75, 3.05) is 13.6 Å². The Hall–Kier alpha value is -2.20. The molecule has 4 heteroatoms. The highest BCUT2D eigenvalue weighted by molar-refractivity contribution is 5.89. The summed E-state index contributed by atoms with van der Waals surface area (Å²) in [5.41, 5.74) is 1.09. The minimum atomic E-state index is -0.436. The zero-order valence-corrected chi connectivity index (χ0v) is 17.7. The van der Waals surface area contributed by atoms with E-state index in [0.29, 0.717) is 25.2 Å². The van der Waals surface area contributed by atoms with Gasteiger partial charge >= 0.3 is 0 Å². The molecule has 0 spiro atoms. The van der Waals surface area contributed by atoms with Crippen molar-refractivity contribution in [3.8, 4) is 0 Å².